The highest BCUT2D eigenvalue weighted by Gasteiger charge is 2.47. The molecule has 0 aromatic heterocycles. The van der Waals surface area contributed by atoms with Gasteiger partial charge in [0.2, 0.25) is 12.7 Å². The Morgan fingerprint density at radius 1 is 1.06 bits per heavy atom. The van der Waals surface area contributed by atoms with Crippen molar-refractivity contribution in [3.63, 3.8) is 0 Å². The number of anilines is 1. The highest BCUT2D eigenvalue weighted by molar-refractivity contribution is 6.30. The van der Waals surface area contributed by atoms with Crippen molar-refractivity contribution in [3.05, 3.63) is 53.1 Å². The van der Waals surface area contributed by atoms with Gasteiger partial charge < -0.3 is 20.1 Å². The Labute approximate surface area is 194 Å². The van der Waals surface area contributed by atoms with Crippen LogP contribution in [-0.2, 0) is 16.1 Å². The lowest BCUT2D eigenvalue weighted by Gasteiger charge is -2.47. The van der Waals surface area contributed by atoms with Crippen molar-refractivity contribution in [2.24, 2.45) is 0 Å². The summed E-state index contributed by atoms with van der Waals surface area (Å²) in [6, 6.07) is 10.8. The first-order valence-corrected chi connectivity index (χ1v) is 10.9. The molecule has 172 valence electrons. The van der Waals surface area contributed by atoms with Crippen LogP contribution in [0.4, 0.5) is 10.5 Å². The van der Waals surface area contributed by atoms with E-state index in [9.17, 15) is 14.4 Å². The smallest absolute Gasteiger partial charge is 0.328 e. The number of fused-ring (bicyclic) bond motifs is 2. The highest BCUT2D eigenvalue weighted by atomic mass is 35.5. The van der Waals surface area contributed by atoms with E-state index in [2.05, 4.69) is 16.0 Å². The number of imide groups is 1. The molecule has 2 fully saturated rings. The maximum Gasteiger partial charge on any atom is 0.328 e. The van der Waals surface area contributed by atoms with Gasteiger partial charge in [-0.05, 0) is 29.8 Å². The minimum absolute atomic E-state index is 0.0833. The Hall–Kier alpha value is -3.34. The predicted octanol–water partition coefficient (Wildman–Crippen LogP) is 1.36. The molecule has 3 heterocycles. The molecule has 0 bridgehead atoms. The molecule has 10 nitrogen and oxygen atoms in total. The number of carbonyl (C=O) groups excluding carboxylic acids is 3. The second kappa shape index (κ2) is 8.89. The molecule has 3 aliphatic rings. The quantitative estimate of drug-likeness (QED) is 0.603. The van der Waals surface area contributed by atoms with Crippen LogP contribution in [0, 0.1) is 0 Å². The molecule has 33 heavy (non-hydrogen) atoms. The van der Waals surface area contributed by atoms with Crippen molar-refractivity contribution in [1.29, 1.82) is 0 Å². The molecule has 0 spiro atoms. The number of halogens is 1. The number of rotatable bonds is 5. The molecule has 5 rings (SSSR count). The van der Waals surface area contributed by atoms with Gasteiger partial charge in [-0.2, -0.15) is 0 Å². The molecule has 3 N–H and O–H groups in total. The van der Waals surface area contributed by atoms with Crippen LogP contribution in [0.1, 0.15) is 5.56 Å². The normalized spacial score (nSPS) is 21.7. The summed E-state index contributed by atoms with van der Waals surface area (Å²) in [4.78, 5) is 41.8. The van der Waals surface area contributed by atoms with E-state index in [-0.39, 0.29) is 25.8 Å². The lowest BCUT2D eigenvalue weighted by atomic mass is 10.1. The number of carbonyl (C=O) groups is 3. The zero-order valence-electron chi connectivity index (χ0n) is 17.5. The monoisotopic (exact) mass is 471 g/mol. The van der Waals surface area contributed by atoms with Crippen LogP contribution in [0.2, 0.25) is 5.02 Å². The maximum atomic E-state index is 13.3. The molecular formula is C22H22ClN5O5. The average molecular weight is 472 g/mol. The molecule has 3 aliphatic heterocycles. The first-order valence-electron chi connectivity index (χ1n) is 10.5. The largest absolute Gasteiger partial charge is 0.454 e. The lowest BCUT2D eigenvalue weighted by Crippen LogP contribution is -2.75. The zero-order chi connectivity index (χ0) is 22.9. The maximum absolute atomic E-state index is 13.3. The third-order valence-electron chi connectivity index (χ3n) is 5.73. The number of ether oxygens (including phenoxy) is 2. The van der Waals surface area contributed by atoms with Gasteiger partial charge in [0.05, 0.1) is 6.54 Å². The summed E-state index contributed by atoms with van der Waals surface area (Å²) in [5.74, 6) is 0.421. The molecule has 0 saturated carbocycles. The Morgan fingerprint density at radius 2 is 1.82 bits per heavy atom. The number of hydrogen-bond acceptors (Lipinski definition) is 7. The average Bonchev–Trinajstić information content (AvgIpc) is 3.29. The third kappa shape index (κ3) is 4.32. The second-order valence-corrected chi connectivity index (χ2v) is 8.34. The third-order valence-corrected chi connectivity index (χ3v) is 5.98. The summed E-state index contributed by atoms with van der Waals surface area (Å²) in [7, 11) is 0. The van der Waals surface area contributed by atoms with Gasteiger partial charge in [0.1, 0.15) is 18.8 Å². The molecule has 0 aliphatic carbocycles. The van der Waals surface area contributed by atoms with Crippen molar-refractivity contribution in [3.8, 4) is 11.5 Å². The summed E-state index contributed by atoms with van der Waals surface area (Å²) in [5, 5.41) is 9.70. The first kappa shape index (κ1) is 21.5. The molecule has 2 saturated heterocycles. The zero-order valence-corrected chi connectivity index (χ0v) is 18.3. The van der Waals surface area contributed by atoms with Crippen molar-refractivity contribution >= 4 is 35.1 Å². The highest BCUT2D eigenvalue weighted by Crippen LogP contribution is 2.34. The number of piperazine rings is 1. The number of urea groups is 1. The summed E-state index contributed by atoms with van der Waals surface area (Å²) in [6.07, 6.45) is -0.622. The number of benzene rings is 2. The van der Waals surface area contributed by atoms with Crippen LogP contribution in [-0.4, -0.2) is 66.3 Å². The fourth-order valence-electron chi connectivity index (χ4n) is 4.14. The fourth-order valence-corrected chi connectivity index (χ4v) is 4.27. The van der Waals surface area contributed by atoms with Crippen molar-refractivity contribution < 1.29 is 23.9 Å². The number of hydrogen-bond donors (Lipinski definition) is 3. The lowest BCUT2D eigenvalue weighted by molar-refractivity contribution is -0.139. The fraction of sp³-hybridized carbons (Fsp3) is 0.318. The predicted molar refractivity (Wildman–Crippen MR) is 119 cm³/mol. The van der Waals surface area contributed by atoms with Crippen molar-refractivity contribution in [2.75, 3.05) is 31.7 Å². The Morgan fingerprint density at radius 3 is 2.64 bits per heavy atom. The van der Waals surface area contributed by atoms with E-state index < -0.39 is 24.1 Å². The van der Waals surface area contributed by atoms with Gasteiger partial charge in [0.25, 0.3) is 5.91 Å². The number of nitrogens with zero attached hydrogens (tertiary/aromatic N) is 2. The Kier molecular flexibility index (Phi) is 5.79. The van der Waals surface area contributed by atoms with E-state index in [1.54, 1.807) is 42.5 Å². The van der Waals surface area contributed by atoms with Crippen LogP contribution >= 0.6 is 11.6 Å². The van der Waals surface area contributed by atoms with Crippen LogP contribution in [0.3, 0.4) is 0 Å². The van der Waals surface area contributed by atoms with Gasteiger partial charge in [0, 0.05) is 29.9 Å². The molecule has 11 heteroatoms. The Bertz CT molecular complexity index is 1100. The molecule has 0 radical (unpaired) electrons. The number of amides is 4. The van der Waals surface area contributed by atoms with E-state index in [1.165, 1.54) is 4.90 Å². The van der Waals surface area contributed by atoms with Gasteiger partial charge in [-0.15, -0.1) is 0 Å². The summed E-state index contributed by atoms with van der Waals surface area (Å²) >= 11 is 5.95. The van der Waals surface area contributed by atoms with Crippen LogP contribution < -0.4 is 25.4 Å². The summed E-state index contributed by atoms with van der Waals surface area (Å²) in [5.41, 5.74) is 1.28. The van der Waals surface area contributed by atoms with Gasteiger partial charge in [-0.3, -0.25) is 24.7 Å². The van der Waals surface area contributed by atoms with E-state index in [1.807, 2.05) is 0 Å². The molecule has 2 aromatic carbocycles. The summed E-state index contributed by atoms with van der Waals surface area (Å²) < 4.78 is 10.6. The van der Waals surface area contributed by atoms with Crippen LogP contribution in [0.5, 0.6) is 11.5 Å². The van der Waals surface area contributed by atoms with Gasteiger partial charge in [-0.25, -0.2) is 4.79 Å². The minimum atomic E-state index is -0.651. The molecule has 4 amide bonds. The standard InChI is InChI=1S/C22H22ClN5O5/c23-14-3-1-13(2-4-14)10-28-21(30)19-20(25-8-7-24-19)27(22(28)31)11-18(29)26-15-5-6-16-17(9-15)33-12-32-16/h1-6,9,19-20,24-25H,7-8,10-12H2,(H,26,29). The topological polar surface area (TPSA) is 112 Å². The molecular weight excluding hydrogens is 450 g/mol. The molecule has 2 atom stereocenters. The SMILES string of the molecule is O=C(CN1C(=O)N(Cc2ccc(Cl)cc2)C(=O)C2NCCNC21)Nc1ccc2c(c1)OCO2. The van der Waals surface area contributed by atoms with Crippen molar-refractivity contribution in [2.45, 2.75) is 18.8 Å². The van der Waals surface area contributed by atoms with Crippen LogP contribution in [0.25, 0.3) is 0 Å². The van der Waals surface area contributed by atoms with E-state index >= 15 is 0 Å². The van der Waals surface area contributed by atoms with Gasteiger partial charge >= 0.3 is 6.03 Å². The van der Waals surface area contributed by atoms with Crippen LogP contribution in [0.15, 0.2) is 42.5 Å². The second-order valence-electron chi connectivity index (χ2n) is 7.91. The van der Waals surface area contributed by atoms with Gasteiger partial charge in [-0.1, -0.05) is 23.7 Å². The van der Waals surface area contributed by atoms with E-state index in [0.29, 0.717) is 35.3 Å². The first-order chi connectivity index (χ1) is 16.0. The van der Waals surface area contributed by atoms with Gasteiger partial charge in [0.15, 0.2) is 11.5 Å². The van der Waals surface area contributed by atoms with E-state index in [0.717, 1.165) is 10.5 Å². The Balaban J connectivity index is 1.33. The molecule has 2 aromatic rings. The van der Waals surface area contributed by atoms with E-state index in [4.69, 9.17) is 21.1 Å². The van der Waals surface area contributed by atoms with Crippen molar-refractivity contribution in [1.82, 2.24) is 20.4 Å². The minimum Gasteiger partial charge on any atom is -0.454 e. The number of nitrogens with one attached hydrogen (secondary N) is 3. The summed E-state index contributed by atoms with van der Waals surface area (Å²) in [6.45, 7) is 1.13. The molecule has 2 unspecified atom stereocenters.